The molecular formula is C21H22N6. The van der Waals surface area contributed by atoms with Gasteiger partial charge in [0.25, 0.3) is 0 Å². The van der Waals surface area contributed by atoms with Crippen molar-refractivity contribution in [2.75, 3.05) is 23.3 Å². The van der Waals surface area contributed by atoms with Gasteiger partial charge in [-0.1, -0.05) is 12.1 Å². The zero-order valence-electron chi connectivity index (χ0n) is 15.4. The molecule has 136 valence electrons. The fourth-order valence-corrected chi connectivity index (χ4v) is 3.85. The molecule has 0 aliphatic carbocycles. The molecule has 6 heteroatoms. The van der Waals surface area contributed by atoms with Crippen LogP contribution in [0, 0.1) is 6.92 Å². The molecule has 0 saturated carbocycles. The highest BCUT2D eigenvalue weighted by Crippen LogP contribution is 2.26. The van der Waals surface area contributed by atoms with Crippen molar-refractivity contribution >= 4 is 33.9 Å². The van der Waals surface area contributed by atoms with Gasteiger partial charge < -0.3 is 10.2 Å². The van der Waals surface area contributed by atoms with Gasteiger partial charge in [0.05, 0.1) is 11.0 Å². The Balaban J connectivity index is 1.50. The number of hydrogen-bond donors (Lipinski definition) is 1. The molecule has 0 bridgehead atoms. The average Bonchev–Trinajstić information content (AvgIpc) is 3.12. The summed E-state index contributed by atoms with van der Waals surface area (Å²) in [6.45, 7) is 4.26. The highest BCUT2D eigenvalue weighted by atomic mass is 15.3. The number of aromatic nitrogens is 4. The van der Waals surface area contributed by atoms with Crippen LogP contribution in [0.3, 0.4) is 0 Å². The Kier molecular flexibility index (Phi) is 3.89. The number of fused-ring (bicyclic) bond motifs is 3. The molecule has 0 atom stereocenters. The van der Waals surface area contributed by atoms with Crippen molar-refractivity contribution in [3.05, 3.63) is 54.4 Å². The first-order valence-electron chi connectivity index (χ1n) is 9.52. The largest absolute Gasteiger partial charge is 0.372 e. The van der Waals surface area contributed by atoms with Gasteiger partial charge >= 0.3 is 0 Å². The van der Waals surface area contributed by atoms with Gasteiger partial charge in [-0.2, -0.15) is 0 Å². The van der Waals surface area contributed by atoms with E-state index in [0.29, 0.717) is 0 Å². The van der Waals surface area contributed by atoms with Crippen LogP contribution in [0.2, 0.25) is 0 Å². The zero-order chi connectivity index (χ0) is 18.2. The lowest BCUT2D eigenvalue weighted by molar-refractivity contribution is 0.578. The molecule has 27 heavy (non-hydrogen) atoms. The lowest BCUT2D eigenvalue weighted by Gasteiger charge is -2.28. The molecule has 0 radical (unpaired) electrons. The van der Waals surface area contributed by atoms with Crippen molar-refractivity contribution in [2.24, 2.45) is 0 Å². The van der Waals surface area contributed by atoms with E-state index in [0.717, 1.165) is 47.1 Å². The molecule has 0 spiro atoms. The summed E-state index contributed by atoms with van der Waals surface area (Å²) in [7, 11) is 0. The molecule has 1 N–H and O–H groups in total. The first-order valence-corrected chi connectivity index (χ1v) is 9.52. The molecule has 2 aromatic carbocycles. The minimum Gasteiger partial charge on any atom is -0.372 e. The Morgan fingerprint density at radius 3 is 2.48 bits per heavy atom. The first kappa shape index (κ1) is 16.1. The van der Waals surface area contributed by atoms with Crippen molar-refractivity contribution in [1.82, 2.24) is 19.6 Å². The molecular weight excluding hydrogens is 336 g/mol. The van der Waals surface area contributed by atoms with E-state index < -0.39 is 0 Å². The van der Waals surface area contributed by atoms with Crippen LogP contribution in [0.5, 0.6) is 0 Å². The standard InChI is InChI=1S/C21H22N6/c1-15-24-25-21-20(23-18-7-3-4-8-19(18)27(15)21)22-16-9-11-17(12-10-16)26-13-5-2-6-14-26/h3-4,7-12H,2,5-6,13-14H2,1H3,(H,22,23). The van der Waals surface area contributed by atoms with Crippen molar-refractivity contribution in [1.29, 1.82) is 0 Å². The molecule has 0 amide bonds. The van der Waals surface area contributed by atoms with E-state index in [9.17, 15) is 0 Å². The molecule has 2 aromatic heterocycles. The van der Waals surface area contributed by atoms with Crippen LogP contribution in [-0.4, -0.2) is 32.7 Å². The summed E-state index contributed by atoms with van der Waals surface area (Å²) in [5.41, 5.74) is 4.96. The number of rotatable bonds is 3. The quantitative estimate of drug-likeness (QED) is 0.591. The second-order valence-corrected chi connectivity index (χ2v) is 7.07. The molecule has 4 aromatic rings. The summed E-state index contributed by atoms with van der Waals surface area (Å²) >= 11 is 0. The predicted molar refractivity (Wildman–Crippen MR) is 109 cm³/mol. The Hall–Kier alpha value is -3.15. The van der Waals surface area contributed by atoms with Gasteiger partial charge in [0.1, 0.15) is 5.82 Å². The van der Waals surface area contributed by atoms with E-state index in [-0.39, 0.29) is 0 Å². The zero-order valence-corrected chi connectivity index (χ0v) is 15.4. The summed E-state index contributed by atoms with van der Waals surface area (Å²) in [6.07, 6.45) is 3.91. The Bertz CT molecular complexity index is 1090. The van der Waals surface area contributed by atoms with Crippen molar-refractivity contribution in [3.63, 3.8) is 0 Å². The normalized spacial score (nSPS) is 14.8. The maximum Gasteiger partial charge on any atom is 0.204 e. The van der Waals surface area contributed by atoms with Gasteiger partial charge in [0, 0.05) is 24.5 Å². The number of hydrogen-bond acceptors (Lipinski definition) is 5. The third-order valence-corrected chi connectivity index (χ3v) is 5.24. The molecule has 5 rings (SSSR count). The molecule has 6 nitrogen and oxygen atoms in total. The van der Waals surface area contributed by atoms with Crippen LogP contribution in [0.25, 0.3) is 16.7 Å². The van der Waals surface area contributed by atoms with Gasteiger partial charge in [-0.05, 0) is 62.6 Å². The molecule has 1 aliphatic rings. The van der Waals surface area contributed by atoms with Gasteiger partial charge in [-0.15, -0.1) is 10.2 Å². The molecule has 0 unspecified atom stereocenters. The van der Waals surface area contributed by atoms with Crippen molar-refractivity contribution < 1.29 is 0 Å². The maximum absolute atomic E-state index is 4.78. The van der Waals surface area contributed by atoms with E-state index >= 15 is 0 Å². The third-order valence-electron chi connectivity index (χ3n) is 5.24. The highest BCUT2D eigenvalue weighted by Gasteiger charge is 2.14. The van der Waals surface area contributed by atoms with Crippen LogP contribution >= 0.6 is 0 Å². The van der Waals surface area contributed by atoms with E-state index in [1.807, 2.05) is 35.6 Å². The van der Waals surface area contributed by atoms with Gasteiger partial charge in [-0.3, -0.25) is 4.40 Å². The monoisotopic (exact) mass is 358 g/mol. The summed E-state index contributed by atoms with van der Waals surface area (Å²) in [5, 5.41) is 12.0. The van der Waals surface area contributed by atoms with Crippen molar-refractivity contribution in [3.8, 4) is 0 Å². The predicted octanol–water partition coefficient (Wildman–Crippen LogP) is 4.32. The number of anilines is 3. The minimum absolute atomic E-state index is 0.722. The van der Waals surface area contributed by atoms with Gasteiger partial charge in [0.15, 0.2) is 5.82 Å². The minimum atomic E-state index is 0.722. The lowest BCUT2D eigenvalue weighted by Crippen LogP contribution is -2.29. The molecule has 1 saturated heterocycles. The van der Waals surface area contributed by atoms with E-state index in [4.69, 9.17) is 4.98 Å². The maximum atomic E-state index is 4.78. The number of nitrogens with zero attached hydrogens (tertiary/aromatic N) is 5. The van der Waals surface area contributed by atoms with E-state index in [1.165, 1.54) is 24.9 Å². The van der Waals surface area contributed by atoms with E-state index in [1.54, 1.807) is 0 Å². The highest BCUT2D eigenvalue weighted by molar-refractivity contribution is 5.84. The number of para-hydroxylation sites is 2. The van der Waals surface area contributed by atoms with Crippen LogP contribution in [0.15, 0.2) is 48.5 Å². The summed E-state index contributed by atoms with van der Waals surface area (Å²) < 4.78 is 2.05. The Morgan fingerprint density at radius 2 is 1.67 bits per heavy atom. The molecule has 3 heterocycles. The lowest BCUT2D eigenvalue weighted by atomic mass is 10.1. The van der Waals surface area contributed by atoms with Crippen LogP contribution in [0.4, 0.5) is 17.2 Å². The SMILES string of the molecule is Cc1nnc2c(Nc3ccc(N4CCCCC4)cc3)nc3ccccc3n12. The van der Waals surface area contributed by atoms with Crippen LogP contribution in [0.1, 0.15) is 25.1 Å². The van der Waals surface area contributed by atoms with Gasteiger partial charge in [0.2, 0.25) is 5.65 Å². The second-order valence-electron chi connectivity index (χ2n) is 7.07. The summed E-state index contributed by atoms with van der Waals surface area (Å²) in [5.74, 6) is 1.58. The fourth-order valence-electron chi connectivity index (χ4n) is 3.85. The van der Waals surface area contributed by atoms with Crippen molar-refractivity contribution in [2.45, 2.75) is 26.2 Å². The Labute approximate surface area is 157 Å². The number of aryl methyl sites for hydroxylation is 1. The molecule has 1 fully saturated rings. The Morgan fingerprint density at radius 1 is 0.889 bits per heavy atom. The fraction of sp³-hybridized carbons (Fsp3) is 0.286. The van der Waals surface area contributed by atoms with Crippen LogP contribution in [-0.2, 0) is 0 Å². The smallest absolute Gasteiger partial charge is 0.204 e. The average molecular weight is 358 g/mol. The van der Waals surface area contributed by atoms with E-state index in [2.05, 4.69) is 44.7 Å². The number of benzene rings is 2. The van der Waals surface area contributed by atoms with Crippen LogP contribution < -0.4 is 10.2 Å². The topological polar surface area (TPSA) is 58.4 Å². The number of nitrogens with one attached hydrogen (secondary N) is 1. The first-order chi connectivity index (χ1) is 13.3. The molecule has 1 aliphatic heterocycles. The third kappa shape index (κ3) is 2.87. The van der Waals surface area contributed by atoms with Gasteiger partial charge in [-0.25, -0.2) is 4.98 Å². The second kappa shape index (κ2) is 6.54. The summed E-state index contributed by atoms with van der Waals surface area (Å²) in [6, 6.07) is 16.7. The summed E-state index contributed by atoms with van der Waals surface area (Å²) in [4.78, 5) is 7.24. The number of piperidine rings is 1.